The van der Waals surface area contributed by atoms with Crippen molar-refractivity contribution in [3.63, 3.8) is 0 Å². The Kier molecular flexibility index (Phi) is 3.97. The Hall–Kier alpha value is -1.13. The Morgan fingerprint density at radius 1 is 1.71 bits per heavy atom. The van der Waals surface area contributed by atoms with Gasteiger partial charge in [-0.25, -0.2) is 0 Å². The van der Waals surface area contributed by atoms with Crippen molar-refractivity contribution < 1.29 is 9.53 Å². The van der Waals surface area contributed by atoms with Gasteiger partial charge in [0.15, 0.2) is 0 Å². The molecule has 1 aliphatic heterocycles. The lowest BCUT2D eigenvalue weighted by Gasteiger charge is -2.35. The van der Waals surface area contributed by atoms with Gasteiger partial charge in [0.2, 0.25) is 0 Å². The average molecular weight is 255 g/mol. The van der Waals surface area contributed by atoms with Crippen LogP contribution >= 0.6 is 11.6 Å². The monoisotopic (exact) mass is 254 g/mol. The lowest BCUT2D eigenvalue weighted by Crippen LogP contribution is -2.48. The first kappa shape index (κ1) is 12.3. The first-order valence-corrected chi connectivity index (χ1v) is 6.10. The highest BCUT2D eigenvalue weighted by Crippen LogP contribution is 2.19. The van der Waals surface area contributed by atoms with Crippen LogP contribution in [0.25, 0.3) is 0 Å². The zero-order valence-corrected chi connectivity index (χ0v) is 10.5. The molecule has 2 heterocycles. The van der Waals surface area contributed by atoms with Crippen LogP contribution in [0.5, 0.6) is 0 Å². The average Bonchev–Trinajstić information content (AvgIpc) is 2.38. The minimum Gasteiger partial charge on any atom is -0.377 e. The van der Waals surface area contributed by atoms with Gasteiger partial charge in [0.25, 0.3) is 5.91 Å². The number of amides is 1. The molecular formula is C12H15ClN2O2. The summed E-state index contributed by atoms with van der Waals surface area (Å²) in [5.41, 5.74) is 0.516. The molecule has 1 aliphatic rings. The topological polar surface area (TPSA) is 42.4 Å². The van der Waals surface area contributed by atoms with Gasteiger partial charge in [-0.2, -0.15) is 0 Å². The van der Waals surface area contributed by atoms with E-state index in [1.165, 1.54) is 6.20 Å². The summed E-state index contributed by atoms with van der Waals surface area (Å²) in [5, 5.41) is 0.402. The van der Waals surface area contributed by atoms with Gasteiger partial charge < -0.3 is 9.64 Å². The molecule has 4 nitrogen and oxygen atoms in total. The van der Waals surface area contributed by atoms with Crippen LogP contribution in [0.1, 0.15) is 23.7 Å². The number of pyridine rings is 1. The predicted octanol–water partition coefficient (Wildman–Crippen LogP) is 1.99. The van der Waals surface area contributed by atoms with Crippen molar-refractivity contribution >= 4 is 17.5 Å². The van der Waals surface area contributed by atoms with Crippen LogP contribution in [0.4, 0.5) is 0 Å². The van der Waals surface area contributed by atoms with E-state index < -0.39 is 0 Å². The molecule has 1 fully saturated rings. The summed E-state index contributed by atoms with van der Waals surface area (Å²) < 4.78 is 5.38. The molecule has 1 atom stereocenters. The number of carbonyl (C=O) groups excluding carboxylic acids is 1. The predicted molar refractivity (Wildman–Crippen MR) is 65.2 cm³/mol. The van der Waals surface area contributed by atoms with E-state index in [2.05, 4.69) is 4.98 Å². The molecule has 0 aromatic carbocycles. The Morgan fingerprint density at radius 3 is 3.24 bits per heavy atom. The van der Waals surface area contributed by atoms with Gasteiger partial charge in [0, 0.05) is 18.9 Å². The third-order valence-corrected chi connectivity index (χ3v) is 3.26. The van der Waals surface area contributed by atoms with Crippen LogP contribution in [0.3, 0.4) is 0 Å². The molecule has 0 N–H and O–H groups in total. The molecule has 1 unspecified atom stereocenters. The number of rotatable bonds is 2. The largest absolute Gasteiger partial charge is 0.377 e. The fourth-order valence-electron chi connectivity index (χ4n) is 1.96. The summed E-state index contributed by atoms with van der Waals surface area (Å²) in [6.45, 7) is 3.86. The molecule has 1 aromatic rings. The van der Waals surface area contributed by atoms with Gasteiger partial charge in [-0.1, -0.05) is 18.5 Å². The summed E-state index contributed by atoms with van der Waals surface area (Å²) in [5.74, 6) is -0.0347. The van der Waals surface area contributed by atoms with E-state index in [1.807, 2.05) is 11.8 Å². The highest BCUT2D eigenvalue weighted by molar-refractivity contribution is 6.33. The Balaban J connectivity index is 2.21. The van der Waals surface area contributed by atoms with Crippen LogP contribution < -0.4 is 0 Å². The van der Waals surface area contributed by atoms with Crippen LogP contribution in [-0.4, -0.2) is 41.6 Å². The zero-order chi connectivity index (χ0) is 12.3. The number of aromatic nitrogens is 1. The quantitative estimate of drug-likeness (QED) is 0.811. The van der Waals surface area contributed by atoms with E-state index in [-0.39, 0.29) is 11.9 Å². The van der Waals surface area contributed by atoms with Gasteiger partial charge in [0.05, 0.1) is 29.8 Å². The van der Waals surface area contributed by atoms with E-state index >= 15 is 0 Å². The molecule has 0 bridgehead atoms. The first-order chi connectivity index (χ1) is 8.24. The molecule has 0 aliphatic carbocycles. The Labute approximate surface area is 106 Å². The standard InChI is InChI=1S/C12H15ClN2O2/c1-2-9-8-17-6-5-15(9)12(16)10-3-4-14-7-11(10)13/h3-4,7,9H,2,5-6,8H2,1H3. The number of morpholine rings is 1. The molecule has 2 rings (SSSR count). The SMILES string of the molecule is CCC1COCCN1C(=O)c1ccncc1Cl. The van der Waals surface area contributed by atoms with Crippen molar-refractivity contribution in [1.82, 2.24) is 9.88 Å². The molecule has 17 heavy (non-hydrogen) atoms. The van der Waals surface area contributed by atoms with Gasteiger partial charge in [-0.05, 0) is 12.5 Å². The molecular weight excluding hydrogens is 240 g/mol. The van der Waals surface area contributed by atoms with Crippen molar-refractivity contribution in [2.75, 3.05) is 19.8 Å². The summed E-state index contributed by atoms with van der Waals surface area (Å²) in [6, 6.07) is 1.80. The maximum absolute atomic E-state index is 12.3. The van der Waals surface area contributed by atoms with E-state index in [1.54, 1.807) is 12.3 Å². The van der Waals surface area contributed by atoms with Crippen molar-refractivity contribution in [1.29, 1.82) is 0 Å². The van der Waals surface area contributed by atoms with Crippen LogP contribution in [-0.2, 0) is 4.74 Å². The van der Waals surface area contributed by atoms with Gasteiger partial charge in [-0.15, -0.1) is 0 Å². The lowest BCUT2D eigenvalue weighted by molar-refractivity contribution is -0.00279. The van der Waals surface area contributed by atoms with E-state index in [4.69, 9.17) is 16.3 Å². The number of hydrogen-bond acceptors (Lipinski definition) is 3. The minimum absolute atomic E-state index is 0.0347. The second-order valence-corrected chi connectivity index (χ2v) is 4.40. The zero-order valence-electron chi connectivity index (χ0n) is 9.73. The highest BCUT2D eigenvalue weighted by Gasteiger charge is 2.27. The third kappa shape index (κ3) is 2.58. The highest BCUT2D eigenvalue weighted by atomic mass is 35.5. The van der Waals surface area contributed by atoms with E-state index in [0.29, 0.717) is 30.3 Å². The first-order valence-electron chi connectivity index (χ1n) is 5.72. The Bertz CT molecular complexity index is 411. The summed E-state index contributed by atoms with van der Waals surface area (Å²) in [6.07, 6.45) is 3.96. The smallest absolute Gasteiger partial charge is 0.255 e. The number of halogens is 1. The lowest BCUT2D eigenvalue weighted by atomic mass is 10.1. The Morgan fingerprint density at radius 2 is 2.53 bits per heavy atom. The fraction of sp³-hybridized carbons (Fsp3) is 0.500. The second kappa shape index (κ2) is 5.47. The minimum atomic E-state index is -0.0347. The van der Waals surface area contributed by atoms with Gasteiger partial charge in [-0.3, -0.25) is 9.78 Å². The van der Waals surface area contributed by atoms with Crippen molar-refractivity contribution in [3.8, 4) is 0 Å². The van der Waals surface area contributed by atoms with Crippen LogP contribution in [0.2, 0.25) is 5.02 Å². The van der Waals surface area contributed by atoms with Crippen molar-refractivity contribution in [3.05, 3.63) is 29.0 Å². The maximum atomic E-state index is 12.3. The van der Waals surface area contributed by atoms with Crippen LogP contribution in [0.15, 0.2) is 18.5 Å². The summed E-state index contributed by atoms with van der Waals surface area (Å²) >= 11 is 5.99. The normalized spacial score (nSPS) is 20.4. The molecule has 0 radical (unpaired) electrons. The molecule has 0 saturated carbocycles. The van der Waals surface area contributed by atoms with Gasteiger partial charge in [0.1, 0.15) is 0 Å². The van der Waals surface area contributed by atoms with E-state index in [9.17, 15) is 4.79 Å². The number of nitrogens with zero attached hydrogens (tertiary/aromatic N) is 2. The van der Waals surface area contributed by atoms with Crippen molar-refractivity contribution in [2.45, 2.75) is 19.4 Å². The summed E-state index contributed by atoms with van der Waals surface area (Å²) in [4.78, 5) is 18.1. The molecule has 0 spiro atoms. The third-order valence-electron chi connectivity index (χ3n) is 2.96. The van der Waals surface area contributed by atoms with Gasteiger partial charge >= 0.3 is 0 Å². The number of hydrogen-bond donors (Lipinski definition) is 0. The molecule has 92 valence electrons. The number of carbonyl (C=O) groups is 1. The van der Waals surface area contributed by atoms with Crippen LogP contribution in [0, 0.1) is 0 Å². The van der Waals surface area contributed by atoms with E-state index in [0.717, 1.165) is 6.42 Å². The fourth-order valence-corrected chi connectivity index (χ4v) is 2.16. The maximum Gasteiger partial charge on any atom is 0.255 e. The molecule has 1 aromatic heterocycles. The number of ether oxygens (including phenoxy) is 1. The van der Waals surface area contributed by atoms with Crippen molar-refractivity contribution in [2.24, 2.45) is 0 Å². The molecule has 1 amide bonds. The summed E-state index contributed by atoms with van der Waals surface area (Å²) in [7, 11) is 0. The second-order valence-electron chi connectivity index (χ2n) is 3.99. The molecule has 1 saturated heterocycles. The molecule has 5 heteroatoms.